The highest BCUT2D eigenvalue weighted by atomic mass is 16.1. The van der Waals surface area contributed by atoms with Crippen LogP contribution in [0.5, 0.6) is 0 Å². The van der Waals surface area contributed by atoms with Gasteiger partial charge in [-0.05, 0) is 58.0 Å². The van der Waals surface area contributed by atoms with E-state index in [9.17, 15) is 4.79 Å². The van der Waals surface area contributed by atoms with Crippen LogP contribution in [-0.4, -0.2) is 60.3 Å². The van der Waals surface area contributed by atoms with Crippen LogP contribution in [0.15, 0.2) is 36.4 Å². The minimum Gasteiger partial charge on any atom is -0.356 e. The summed E-state index contributed by atoms with van der Waals surface area (Å²) in [6, 6.07) is 12.3. The predicted molar refractivity (Wildman–Crippen MR) is 123 cm³/mol. The van der Waals surface area contributed by atoms with Gasteiger partial charge in [-0.1, -0.05) is 43.7 Å². The van der Waals surface area contributed by atoms with Crippen molar-refractivity contribution in [2.75, 3.05) is 44.2 Å². The number of amides is 1. The smallest absolute Gasteiger partial charge is 0.224 e. The summed E-state index contributed by atoms with van der Waals surface area (Å²) in [4.78, 5) is 17.2. The van der Waals surface area contributed by atoms with Crippen molar-refractivity contribution in [3.8, 4) is 11.3 Å². The third kappa shape index (κ3) is 6.02. The van der Waals surface area contributed by atoms with Gasteiger partial charge >= 0.3 is 0 Å². The van der Waals surface area contributed by atoms with Crippen LogP contribution in [0, 0.1) is 12.8 Å². The first-order valence-corrected chi connectivity index (χ1v) is 11.3. The molecule has 30 heavy (non-hydrogen) atoms. The lowest BCUT2D eigenvalue weighted by Crippen LogP contribution is -2.44. The maximum atomic E-state index is 12.6. The minimum absolute atomic E-state index is 0.0192. The number of nitrogens with one attached hydrogen (secondary N) is 1. The fourth-order valence-electron chi connectivity index (χ4n) is 3.97. The molecule has 1 amide bonds. The molecular weight excluding hydrogens is 374 g/mol. The van der Waals surface area contributed by atoms with E-state index in [1.54, 1.807) is 0 Å². The Morgan fingerprint density at radius 1 is 1.13 bits per heavy atom. The van der Waals surface area contributed by atoms with Gasteiger partial charge in [0, 0.05) is 25.2 Å². The number of aromatic nitrogens is 2. The third-order valence-electron chi connectivity index (χ3n) is 5.96. The average molecular weight is 410 g/mol. The van der Waals surface area contributed by atoms with E-state index in [-0.39, 0.29) is 11.8 Å². The topological polar surface area (TPSA) is 61.4 Å². The summed E-state index contributed by atoms with van der Waals surface area (Å²) in [5.74, 6) is 1.04. The summed E-state index contributed by atoms with van der Waals surface area (Å²) >= 11 is 0. The van der Waals surface area contributed by atoms with Crippen molar-refractivity contribution in [3.63, 3.8) is 0 Å². The third-order valence-corrected chi connectivity index (χ3v) is 5.96. The lowest BCUT2D eigenvalue weighted by molar-refractivity contribution is -0.125. The number of piperidine rings is 1. The first kappa shape index (κ1) is 22.2. The minimum atomic E-state index is 0.0192. The quantitative estimate of drug-likeness (QED) is 0.642. The van der Waals surface area contributed by atoms with E-state index in [2.05, 4.69) is 70.4 Å². The van der Waals surface area contributed by atoms with Gasteiger partial charge in [-0.25, -0.2) is 0 Å². The average Bonchev–Trinajstić information content (AvgIpc) is 2.80. The number of carbonyl (C=O) groups excluding carboxylic acids is 1. The van der Waals surface area contributed by atoms with Crippen molar-refractivity contribution in [1.82, 2.24) is 20.4 Å². The summed E-state index contributed by atoms with van der Waals surface area (Å²) in [5, 5.41) is 12.0. The molecule has 0 bridgehead atoms. The molecular formula is C24H35N5O. The lowest BCUT2D eigenvalue weighted by Gasteiger charge is -2.32. The van der Waals surface area contributed by atoms with Gasteiger partial charge in [0.25, 0.3) is 0 Å². The monoisotopic (exact) mass is 409 g/mol. The molecule has 1 aliphatic heterocycles. The molecule has 0 saturated carbocycles. The fraction of sp³-hybridized carbons (Fsp3) is 0.542. The van der Waals surface area contributed by atoms with Crippen LogP contribution >= 0.6 is 0 Å². The van der Waals surface area contributed by atoms with E-state index in [0.29, 0.717) is 6.54 Å². The molecule has 1 saturated heterocycles. The second kappa shape index (κ2) is 11.1. The first-order valence-electron chi connectivity index (χ1n) is 11.3. The van der Waals surface area contributed by atoms with Crippen molar-refractivity contribution < 1.29 is 4.79 Å². The van der Waals surface area contributed by atoms with E-state index in [0.717, 1.165) is 69.1 Å². The molecule has 1 unspecified atom stereocenters. The summed E-state index contributed by atoms with van der Waals surface area (Å²) in [7, 11) is 0. The molecule has 0 aliphatic carbocycles. The number of carbonyl (C=O) groups is 1. The van der Waals surface area contributed by atoms with Gasteiger partial charge in [-0.3, -0.25) is 4.79 Å². The maximum Gasteiger partial charge on any atom is 0.224 e. The number of anilines is 1. The van der Waals surface area contributed by atoms with Crippen LogP contribution < -0.4 is 10.2 Å². The molecule has 3 rings (SSSR count). The van der Waals surface area contributed by atoms with Gasteiger partial charge in [0.2, 0.25) is 5.91 Å². The number of hydrogen-bond acceptors (Lipinski definition) is 5. The Balaban J connectivity index is 1.51. The molecule has 2 heterocycles. The van der Waals surface area contributed by atoms with Crippen molar-refractivity contribution >= 4 is 11.7 Å². The van der Waals surface area contributed by atoms with Crippen molar-refractivity contribution in [1.29, 1.82) is 0 Å². The SMILES string of the molecule is CCN(CC)CCCNC(=O)C1CCCN(c2ccc(-c3ccc(C)cc3)nn2)C1. The van der Waals surface area contributed by atoms with Gasteiger partial charge in [-0.2, -0.15) is 0 Å². The molecule has 1 aromatic carbocycles. The second-order valence-electron chi connectivity index (χ2n) is 8.10. The van der Waals surface area contributed by atoms with E-state index < -0.39 is 0 Å². The standard InChI is InChI=1S/C24H35N5O/c1-4-28(5-2)16-7-15-25-24(30)21-8-6-17-29(18-21)23-14-13-22(26-27-23)20-11-9-19(3)10-12-20/h9-14,21H,4-8,15-18H2,1-3H3,(H,25,30). The number of benzene rings is 1. The van der Waals surface area contributed by atoms with Crippen LogP contribution in [0.3, 0.4) is 0 Å². The molecule has 2 aromatic rings. The highest BCUT2D eigenvalue weighted by Crippen LogP contribution is 2.23. The van der Waals surface area contributed by atoms with Gasteiger partial charge in [-0.15, -0.1) is 10.2 Å². The van der Waals surface area contributed by atoms with E-state index in [1.165, 1.54) is 5.56 Å². The van der Waals surface area contributed by atoms with Gasteiger partial charge < -0.3 is 15.1 Å². The second-order valence-corrected chi connectivity index (χ2v) is 8.10. The Bertz CT molecular complexity index is 786. The van der Waals surface area contributed by atoms with Crippen molar-refractivity contribution in [2.45, 2.75) is 40.0 Å². The zero-order valence-electron chi connectivity index (χ0n) is 18.6. The number of nitrogens with zero attached hydrogens (tertiary/aromatic N) is 4. The van der Waals surface area contributed by atoms with Gasteiger partial charge in [0.15, 0.2) is 5.82 Å². The molecule has 6 nitrogen and oxygen atoms in total. The summed E-state index contributed by atoms with van der Waals surface area (Å²) < 4.78 is 0. The Morgan fingerprint density at radius 2 is 1.90 bits per heavy atom. The Morgan fingerprint density at radius 3 is 2.57 bits per heavy atom. The largest absolute Gasteiger partial charge is 0.356 e. The van der Waals surface area contributed by atoms with Crippen LogP contribution in [-0.2, 0) is 4.79 Å². The number of hydrogen-bond donors (Lipinski definition) is 1. The molecule has 1 atom stereocenters. The predicted octanol–water partition coefficient (Wildman–Crippen LogP) is 3.52. The number of aryl methyl sites for hydroxylation is 1. The summed E-state index contributed by atoms with van der Waals surface area (Å²) in [6.07, 6.45) is 2.93. The van der Waals surface area contributed by atoms with Crippen LogP contribution in [0.25, 0.3) is 11.3 Å². The summed E-state index contributed by atoms with van der Waals surface area (Å²) in [6.45, 7) is 12.0. The Labute approximate surface area is 180 Å². The summed E-state index contributed by atoms with van der Waals surface area (Å²) in [5.41, 5.74) is 3.17. The normalized spacial score (nSPS) is 16.7. The van der Waals surface area contributed by atoms with Crippen molar-refractivity contribution in [2.24, 2.45) is 5.92 Å². The van der Waals surface area contributed by atoms with Crippen LogP contribution in [0.2, 0.25) is 0 Å². The number of rotatable bonds is 9. The van der Waals surface area contributed by atoms with Crippen molar-refractivity contribution in [3.05, 3.63) is 42.0 Å². The van der Waals surface area contributed by atoms with Gasteiger partial charge in [0.05, 0.1) is 11.6 Å². The fourth-order valence-corrected chi connectivity index (χ4v) is 3.97. The Kier molecular flexibility index (Phi) is 8.20. The zero-order chi connectivity index (χ0) is 21.3. The molecule has 6 heteroatoms. The zero-order valence-corrected chi connectivity index (χ0v) is 18.6. The first-order chi connectivity index (χ1) is 14.6. The van der Waals surface area contributed by atoms with E-state index >= 15 is 0 Å². The van der Waals surface area contributed by atoms with Crippen LogP contribution in [0.4, 0.5) is 5.82 Å². The molecule has 1 aliphatic rings. The molecule has 1 fully saturated rings. The molecule has 1 aromatic heterocycles. The van der Waals surface area contributed by atoms with Crippen LogP contribution in [0.1, 0.15) is 38.7 Å². The maximum absolute atomic E-state index is 12.6. The Hall–Kier alpha value is -2.47. The molecule has 162 valence electrons. The highest BCUT2D eigenvalue weighted by Gasteiger charge is 2.26. The molecule has 0 radical (unpaired) electrons. The molecule has 1 N–H and O–H groups in total. The lowest BCUT2D eigenvalue weighted by atomic mass is 9.97. The molecule has 0 spiro atoms. The van der Waals surface area contributed by atoms with E-state index in [4.69, 9.17) is 0 Å². The van der Waals surface area contributed by atoms with Gasteiger partial charge in [0.1, 0.15) is 0 Å². The highest BCUT2D eigenvalue weighted by molar-refractivity contribution is 5.79. The van der Waals surface area contributed by atoms with E-state index in [1.807, 2.05) is 12.1 Å².